The molecule has 0 aliphatic carbocycles. The van der Waals surface area contributed by atoms with E-state index in [1.165, 1.54) is 7.11 Å². The zero-order chi connectivity index (χ0) is 17.3. The molecule has 3 rings (SSSR count). The van der Waals surface area contributed by atoms with Crippen molar-refractivity contribution in [2.45, 2.75) is 56.9 Å². The maximum absolute atomic E-state index is 11.7. The Bertz CT molecular complexity index is 574. The fourth-order valence-corrected chi connectivity index (χ4v) is 2.97. The minimum absolute atomic E-state index is 0.298. The third-order valence-corrected chi connectivity index (χ3v) is 4.07. The van der Waals surface area contributed by atoms with E-state index in [1.807, 2.05) is 30.3 Å². The van der Waals surface area contributed by atoms with Crippen LogP contribution in [0.4, 0.5) is 0 Å². The van der Waals surface area contributed by atoms with Gasteiger partial charge in [-0.15, -0.1) is 0 Å². The molecule has 0 spiro atoms. The Balaban J connectivity index is 1.75. The summed E-state index contributed by atoms with van der Waals surface area (Å²) in [5, 5.41) is 10.2. The summed E-state index contributed by atoms with van der Waals surface area (Å²) in [6.07, 6.45) is -4.30. The number of aliphatic hydroxyl groups is 1. The Hall–Kier alpha value is -1.51. The van der Waals surface area contributed by atoms with Crippen LogP contribution in [0.2, 0.25) is 0 Å². The quantitative estimate of drug-likeness (QED) is 0.801. The van der Waals surface area contributed by atoms with Crippen molar-refractivity contribution >= 4 is 5.97 Å². The molecule has 2 heterocycles. The summed E-state index contributed by atoms with van der Waals surface area (Å²) in [5.74, 6) is -1.60. The van der Waals surface area contributed by atoms with Crippen LogP contribution < -0.4 is 0 Å². The third-order valence-electron chi connectivity index (χ3n) is 4.07. The first-order valence-corrected chi connectivity index (χ1v) is 7.84. The second kappa shape index (κ2) is 6.78. The van der Waals surface area contributed by atoms with Crippen LogP contribution in [0, 0.1) is 0 Å². The Morgan fingerprint density at radius 2 is 2.00 bits per heavy atom. The maximum Gasteiger partial charge on any atom is 0.337 e. The molecule has 5 unspecified atom stereocenters. The fraction of sp³-hybridized carbons (Fsp3) is 0.588. The van der Waals surface area contributed by atoms with Crippen LogP contribution >= 0.6 is 0 Å². The predicted octanol–water partition coefficient (Wildman–Crippen LogP) is 0.982. The lowest BCUT2D eigenvalue weighted by molar-refractivity contribution is -0.231. The largest absolute Gasteiger partial charge is 0.467 e. The van der Waals surface area contributed by atoms with Crippen molar-refractivity contribution in [3.8, 4) is 0 Å². The number of carbonyl (C=O) groups excluding carboxylic acids is 1. The summed E-state index contributed by atoms with van der Waals surface area (Å²) in [6, 6.07) is 9.58. The minimum atomic E-state index is -1.48. The van der Waals surface area contributed by atoms with Crippen LogP contribution in [0.5, 0.6) is 0 Å². The van der Waals surface area contributed by atoms with E-state index in [1.54, 1.807) is 13.8 Å². The lowest BCUT2D eigenvalue weighted by Gasteiger charge is -2.27. The number of methoxy groups -OCH3 is 1. The zero-order valence-electron chi connectivity index (χ0n) is 13.9. The summed E-state index contributed by atoms with van der Waals surface area (Å²) < 4.78 is 27.7. The van der Waals surface area contributed by atoms with Crippen LogP contribution in [-0.2, 0) is 35.1 Å². The summed E-state index contributed by atoms with van der Waals surface area (Å²) in [4.78, 5) is 11.7. The molecule has 2 aliphatic rings. The van der Waals surface area contributed by atoms with Crippen molar-refractivity contribution in [1.82, 2.24) is 0 Å². The fourth-order valence-electron chi connectivity index (χ4n) is 2.97. The number of hydrogen-bond donors (Lipinski definition) is 1. The van der Waals surface area contributed by atoms with Crippen molar-refractivity contribution < 1.29 is 33.6 Å². The molecule has 2 saturated heterocycles. The van der Waals surface area contributed by atoms with Gasteiger partial charge < -0.3 is 28.8 Å². The lowest BCUT2D eigenvalue weighted by Crippen LogP contribution is -2.46. The highest BCUT2D eigenvalue weighted by atomic mass is 16.8. The molecule has 7 nitrogen and oxygen atoms in total. The first-order valence-electron chi connectivity index (χ1n) is 7.84. The van der Waals surface area contributed by atoms with E-state index in [0.717, 1.165) is 5.56 Å². The van der Waals surface area contributed by atoms with Gasteiger partial charge >= 0.3 is 5.97 Å². The molecule has 2 aliphatic heterocycles. The standard InChI is InChI=1S/C17H22O7/c1-17(2)23-14-13(21-9-10-7-5-4-6-8-10)12(22-16(14)24-17)11(18)15(19)20-3/h4-8,11-14,16,18H,9H2,1-3H3. The molecular formula is C17H22O7. The van der Waals surface area contributed by atoms with E-state index in [9.17, 15) is 9.90 Å². The van der Waals surface area contributed by atoms with Gasteiger partial charge in [0.15, 0.2) is 18.2 Å². The predicted molar refractivity (Wildman–Crippen MR) is 81.7 cm³/mol. The molecule has 0 aromatic heterocycles. The van der Waals surface area contributed by atoms with Crippen LogP contribution in [-0.4, -0.2) is 54.7 Å². The highest BCUT2D eigenvalue weighted by molar-refractivity contribution is 5.75. The Kier molecular flexibility index (Phi) is 4.89. The molecule has 2 fully saturated rings. The zero-order valence-corrected chi connectivity index (χ0v) is 13.9. The van der Waals surface area contributed by atoms with Crippen molar-refractivity contribution in [2.75, 3.05) is 7.11 Å². The SMILES string of the molecule is COC(=O)C(O)C1OC2OC(C)(C)OC2C1OCc1ccccc1. The van der Waals surface area contributed by atoms with Gasteiger partial charge in [0, 0.05) is 0 Å². The molecule has 1 aromatic rings. The summed E-state index contributed by atoms with van der Waals surface area (Å²) in [5.41, 5.74) is 0.963. The van der Waals surface area contributed by atoms with E-state index in [-0.39, 0.29) is 0 Å². The number of esters is 1. The molecule has 24 heavy (non-hydrogen) atoms. The van der Waals surface area contributed by atoms with Crippen LogP contribution in [0.15, 0.2) is 30.3 Å². The highest BCUT2D eigenvalue weighted by Crippen LogP contribution is 2.40. The van der Waals surface area contributed by atoms with Crippen molar-refractivity contribution in [3.63, 3.8) is 0 Å². The average molecular weight is 338 g/mol. The minimum Gasteiger partial charge on any atom is -0.467 e. The topological polar surface area (TPSA) is 83.5 Å². The van der Waals surface area contributed by atoms with E-state index in [4.69, 9.17) is 18.9 Å². The first kappa shape index (κ1) is 17.3. The van der Waals surface area contributed by atoms with Gasteiger partial charge in [0.05, 0.1) is 13.7 Å². The normalized spacial score (nSPS) is 32.3. The molecule has 0 saturated carbocycles. The average Bonchev–Trinajstić information content (AvgIpc) is 3.04. The van der Waals surface area contributed by atoms with Gasteiger partial charge in [0.1, 0.15) is 18.3 Å². The van der Waals surface area contributed by atoms with Crippen molar-refractivity contribution in [1.29, 1.82) is 0 Å². The molecule has 1 N–H and O–H groups in total. The summed E-state index contributed by atoms with van der Waals surface area (Å²) >= 11 is 0. The van der Waals surface area contributed by atoms with E-state index in [2.05, 4.69) is 4.74 Å². The first-order chi connectivity index (χ1) is 11.4. The molecule has 0 radical (unpaired) electrons. The number of fused-ring (bicyclic) bond motifs is 1. The number of rotatable bonds is 5. The molecule has 0 bridgehead atoms. The second-order valence-electron chi connectivity index (χ2n) is 6.30. The van der Waals surface area contributed by atoms with Gasteiger partial charge in [0.25, 0.3) is 0 Å². The number of benzene rings is 1. The van der Waals surface area contributed by atoms with Gasteiger partial charge in [-0.3, -0.25) is 0 Å². The second-order valence-corrected chi connectivity index (χ2v) is 6.30. The summed E-state index contributed by atoms with van der Waals surface area (Å²) in [7, 11) is 1.21. The van der Waals surface area contributed by atoms with Crippen LogP contribution in [0.25, 0.3) is 0 Å². The van der Waals surface area contributed by atoms with Crippen LogP contribution in [0.3, 0.4) is 0 Å². The number of carbonyl (C=O) groups is 1. The van der Waals surface area contributed by atoms with E-state index < -0.39 is 42.5 Å². The van der Waals surface area contributed by atoms with Gasteiger partial charge in [-0.05, 0) is 19.4 Å². The van der Waals surface area contributed by atoms with Crippen molar-refractivity contribution in [2.24, 2.45) is 0 Å². The monoisotopic (exact) mass is 338 g/mol. The number of hydrogen-bond acceptors (Lipinski definition) is 7. The Labute approximate surface area is 140 Å². The van der Waals surface area contributed by atoms with Gasteiger partial charge in [-0.1, -0.05) is 30.3 Å². The number of ether oxygens (including phenoxy) is 5. The van der Waals surface area contributed by atoms with E-state index >= 15 is 0 Å². The van der Waals surface area contributed by atoms with Crippen molar-refractivity contribution in [3.05, 3.63) is 35.9 Å². The maximum atomic E-state index is 11.7. The Morgan fingerprint density at radius 1 is 1.29 bits per heavy atom. The molecule has 132 valence electrons. The number of aliphatic hydroxyl groups excluding tert-OH is 1. The smallest absolute Gasteiger partial charge is 0.337 e. The summed E-state index contributed by atoms with van der Waals surface area (Å²) in [6.45, 7) is 3.84. The molecule has 7 heteroatoms. The lowest BCUT2D eigenvalue weighted by atomic mass is 10.1. The molecular weight excluding hydrogens is 316 g/mol. The van der Waals surface area contributed by atoms with Gasteiger partial charge in [0.2, 0.25) is 0 Å². The molecule has 5 atom stereocenters. The third kappa shape index (κ3) is 3.45. The molecule has 1 aromatic carbocycles. The van der Waals surface area contributed by atoms with E-state index in [0.29, 0.717) is 6.61 Å². The molecule has 0 amide bonds. The highest BCUT2D eigenvalue weighted by Gasteiger charge is 2.58. The van der Waals surface area contributed by atoms with Gasteiger partial charge in [-0.2, -0.15) is 0 Å². The van der Waals surface area contributed by atoms with Crippen LogP contribution in [0.1, 0.15) is 19.4 Å². The Morgan fingerprint density at radius 3 is 2.67 bits per heavy atom. The van der Waals surface area contributed by atoms with Gasteiger partial charge in [-0.25, -0.2) is 4.79 Å².